The zero-order valence-electron chi connectivity index (χ0n) is 11.5. The van der Waals surface area contributed by atoms with E-state index in [1.807, 2.05) is 0 Å². The third-order valence-electron chi connectivity index (χ3n) is 3.13. The van der Waals surface area contributed by atoms with Crippen LogP contribution in [0, 0.1) is 5.82 Å². The van der Waals surface area contributed by atoms with Gasteiger partial charge in [0, 0.05) is 7.05 Å². The molecule has 4 nitrogen and oxygen atoms in total. The maximum absolute atomic E-state index is 12.9. The fourth-order valence-corrected chi connectivity index (χ4v) is 3.17. The summed E-state index contributed by atoms with van der Waals surface area (Å²) in [5.74, 6) is -0.602. The van der Waals surface area contributed by atoms with Gasteiger partial charge >= 0.3 is 0 Å². The molecule has 0 aliphatic rings. The van der Waals surface area contributed by atoms with E-state index in [1.54, 1.807) is 24.3 Å². The second kappa shape index (κ2) is 6.24. The van der Waals surface area contributed by atoms with Gasteiger partial charge in [-0.2, -0.15) is 0 Å². The number of benzene rings is 2. The molecular weight excluding hydrogens is 293 g/mol. The molecule has 2 aromatic rings. The molecule has 0 heterocycles. The first-order valence-corrected chi connectivity index (χ1v) is 7.94. The van der Waals surface area contributed by atoms with Crippen molar-refractivity contribution in [2.24, 2.45) is 0 Å². The minimum absolute atomic E-state index is 0.137. The van der Waals surface area contributed by atoms with Gasteiger partial charge in [0.2, 0.25) is 10.0 Å². The Balaban J connectivity index is 2.22. The molecule has 0 radical (unpaired) electrons. The first-order chi connectivity index (χ1) is 9.92. The highest BCUT2D eigenvalue weighted by molar-refractivity contribution is 7.92. The molecule has 6 heteroatoms. The molecule has 0 saturated heterocycles. The van der Waals surface area contributed by atoms with Gasteiger partial charge in [0.1, 0.15) is 5.82 Å². The molecular formula is C15H16FNO3S. The maximum atomic E-state index is 12.9. The molecule has 1 N–H and O–H groups in total. The highest BCUT2D eigenvalue weighted by Crippen LogP contribution is 2.19. The number of hydrogen-bond donors (Lipinski definition) is 1. The Hall–Kier alpha value is -1.92. The molecule has 0 aromatic heterocycles. The molecule has 0 aliphatic heterocycles. The van der Waals surface area contributed by atoms with Crippen LogP contribution in [0.5, 0.6) is 0 Å². The van der Waals surface area contributed by atoms with E-state index < -0.39 is 15.8 Å². The molecule has 0 fully saturated rings. The van der Waals surface area contributed by atoms with Crippen molar-refractivity contribution in [1.29, 1.82) is 0 Å². The van der Waals surface area contributed by atoms with Crippen molar-refractivity contribution < 1.29 is 17.9 Å². The molecule has 21 heavy (non-hydrogen) atoms. The highest BCUT2D eigenvalue weighted by atomic mass is 32.2. The predicted octanol–water partition coefficient (Wildman–Crippen LogP) is 2.28. The Morgan fingerprint density at radius 2 is 1.71 bits per heavy atom. The molecule has 0 unspecified atom stereocenters. The zero-order valence-corrected chi connectivity index (χ0v) is 12.3. The summed E-state index contributed by atoms with van der Waals surface area (Å²) in [6, 6.07) is 12.0. The quantitative estimate of drug-likeness (QED) is 0.922. The average Bonchev–Trinajstić information content (AvgIpc) is 2.47. The van der Waals surface area contributed by atoms with Crippen molar-refractivity contribution in [2.45, 2.75) is 12.4 Å². The lowest BCUT2D eigenvalue weighted by Crippen LogP contribution is -2.27. The Morgan fingerprint density at radius 1 is 1.10 bits per heavy atom. The van der Waals surface area contributed by atoms with Crippen molar-refractivity contribution in [3.8, 4) is 0 Å². The van der Waals surface area contributed by atoms with Crippen LogP contribution < -0.4 is 4.31 Å². The molecule has 0 amide bonds. The van der Waals surface area contributed by atoms with Gasteiger partial charge in [0.15, 0.2) is 0 Å². The molecule has 112 valence electrons. The normalized spacial score (nSPS) is 11.4. The van der Waals surface area contributed by atoms with Crippen LogP contribution in [0.15, 0.2) is 48.5 Å². The Morgan fingerprint density at radius 3 is 2.33 bits per heavy atom. The third kappa shape index (κ3) is 3.80. The number of aliphatic hydroxyl groups is 1. The average molecular weight is 309 g/mol. The highest BCUT2D eigenvalue weighted by Gasteiger charge is 2.19. The molecule has 0 atom stereocenters. The predicted molar refractivity (Wildman–Crippen MR) is 79.8 cm³/mol. The summed E-state index contributed by atoms with van der Waals surface area (Å²) >= 11 is 0. The van der Waals surface area contributed by atoms with Crippen molar-refractivity contribution in [2.75, 3.05) is 11.4 Å². The van der Waals surface area contributed by atoms with E-state index in [0.29, 0.717) is 16.8 Å². The van der Waals surface area contributed by atoms with E-state index >= 15 is 0 Å². The lowest BCUT2D eigenvalue weighted by atomic mass is 10.1. The standard InChI is InChI=1S/C15H16FNO3S/c1-17(15-7-5-14(16)6-8-15)21(19,20)11-13-4-2-3-12(9-13)10-18/h2-9,18H,10-11H2,1H3. The van der Waals surface area contributed by atoms with Crippen molar-refractivity contribution in [1.82, 2.24) is 0 Å². The fourth-order valence-electron chi connectivity index (χ4n) is 1.94. The summed E-state index contributed by atoms with van der Waals surface area (Å²) in [6.07, 6.45) is 0. The summed E-state index contributed by atoms with van der Waals surface area (Å²) in [4.78, 5) is 0. The van der Waals surface area contributed by atoms with Gasteiger partial charge < -0.3 is 5.11 Å². The number of rotatable bonds is 5. The number of hydrogen-bond acceptors (Lipinski definition) is 3. The summed E-state index contributed by atoms with van der Waals surface area (Å²) < 4.78 is 38.7. The first kappa shape index (κ1) is 15.5. The number of sulfonamides is 1. The van der Waals surface area contributed by atoms with E-state index in [2.05, 4.69) is 0 Å². The number of aliphatic hydroxyl groups excluding tert-OH is 1. The van der Waals surface area contributed by atoms with Crippen molar-refractivity contribution in [3.63, 3.8) is 0 Å². The topological polar surface area (TPSA) is 57.6 Å². The van der Waals surface area contributed by atoms with Crippen LogP contribution in [0.25, 0.3) is 0 Å². The SMILES string of the molecule is CN(c1ccc(F)cc1)S(=O)(=O)Cc1cccc(CO)c1. The van der Waals surface area contributed by atoms with Crippen LogP contribution in [0.2, 0.25) is 0 Å². The second-order valence-corrected chi connectivity index (χ2v) is 6.68. The largest absolute Gasteiger partial charge is 0.392 e. The molecule has 2 aromatic carbocycles. The Bertz CT molecular complexity index is 714. The summed E-state index contributed by atoms with van der Waals surface area (Å²) in [5.41, 5.74) is 1.65. The minimum Gasteiger partial charge on any atom is -0.392 e. The van der Waals surface area contributed by atoms with Crippen molar-refractivity contribution in [3.05, 3.63) is 65.5 Å². The number of anilines is 1. The van der Waals surface area contributed by atoms with Gasteiger partial charge in [0.25, 0.3) is 0 Å². The summed E-state index contributed by atoms with van der Waals surface area (Å²) in [6.45, 7) is -0.137. The number of nitrogens with zero attached hydrogens (tertiary/aromatic N) is 1. The third-order valence-corrected chi connectivity index (χ3v) is 4.87. The van der Waals surface area contributed by atoms with Gasteiger partial charge in [-0.3, -0.25) is 4.31 Å². The van der Waals surface area contributed by atoms with Crippen molar-refractivity contribution >= 4 is 15.7 Å². The van der Waals surface area contributed by atoms with E-state index in [-0.39, 0.29) is 12.4 Å². The molecule has 0 aliphatic carbocycles. The van der Waals surface area contributed by atoms with Crippen LogP contribution in [0.1, 0.15) is 11.1 Å². The fraction of sp³-hybridized carbons (Fsp3) is 0.200. The smallest absolute Gasteiger partial charge is 0.239 e. The van der Waals surface area contributed by atoms with Crippen LogP contribution in [0.3, 0.4) is 0 Å². The Labute approximate surface area is 123 Å². The lowest BCUT2D eigenvalue weighted by Gasteiger charge is -2.19. The van der Waals surface area contributed by atoms with Gasteiger partial charge in [-0.25, -0.2) is 12.8 Å². The molecule has 0 saturated carbocycles. The second-order valence-electron chi connectivity index (χ2n) is 4.68. The van der Waals surface area contributed by atoms with Gasteiger partial charge in [-0.15, -0.1) is 0 Å². The van der Waals surface area contributed by atoms with Crippen LogP contribution in [-0.2, 0) is 22.4 Å². The van der Waals surface area contributed by atoms with Crippen LogP contribution in [0.4, 0.5) is 10.1 Å². The lowest BCUT2D eigenvalue weighted by molar-refractivity contribution is 0.282. The number of halogens is 1. The first-order valence-electron chi connectivity index (χ1n) is 6.33. The van der Waals surface area contributed by atoms with E-state index in [0.717, 1.165) is 4.31 Å². The zero-order chi connectivity index (χ0) is 15.5. The Kier molecular flexibility index (Phi) is 4.59. The van der Waals surface area contributed by atoms with Gasteiger partial charge in [-0.05, 0) is 35.4 Å². The van der Waals surface area contributed by atoms with Crippen LogP contribution >= 0.6 is 0 Å². The van der Waals surface area contributed by atoms with E-state index in [4.69, 9.17) is 5.11 Å². The molecule has 0 spiro atoms. The van der Waals surface area contributed by atoms with E-state index in [1.165, 1.54) is 31.3 Å². The summed E-state index contributed by atoms with van der Waals surface area (Å²) in [5, 5.41) is 9.08. The maximum Gasteiger partial charge on any atom is 0.239 e. The molecule has 0 bridgehead atoms. The van der Waals surface area contributed by atoms with Gasteiger partial charge in [0.05, 0.1) is 18.0 Å². The minimum atomic E-state index is -3.57. The summed E-state index contributed by atoms with van der Waals surface area (Å²) in [7, 11) is -2.15. The van der Waals surface area contributed by atoms with Crippen LogP contribution in [-0.4, -0.2) is 20.6 Å². The monoisotopic (exact) mass is 309 g/mol. The molecule has 2 rings (SSSR count). The van der Waals surface area contributed by atoms with E-state index in [9.17, 15) is 12.8 Å². The van der Waals surface area contributed by atoms with Gasteiger partial charge in [-0.1, -0.05) is 24.3 Å².